The van der Waals surface area contributed by atoms with Crippen molar-refractivity contribution in [2.45, 2.75) is 79.1 Å². The van der Waals surface area contributed by atoms with Crippen LogP contribution >= 0.6 is 0 Å². The fraction of sp³-hybridized carbons (Fsp3) is 0.773. The highest BCUT2D eigenvalue weighted by atomic mass is 16.4. The topological polar surface area (TPSA) is 37.3 Å². The Bertz CT molecular complexity index is 502. The fourth-order valence-corrected chi connectivity index (χ4v) is 5.73. The monoisotopic (exact) mass is 332 g/mol. The van der Waals surface area contributed by atoms with Crippen LogP contribution in [0.5, 0.6) is 0 Å². The first-order chi connectivity index (χ1) is 11.2. The second kappa shape index (κ2) is 7.45. The van der Waals surface area contributed by atoms with E-state index in [1.807, 2.05) is 0 Å². The smallest absolute Gasteiger partial charge is 0.307 e. The first-order valence-corrected chi connectivity index (χ1v) is 9.73. The molecular formula is C22H36O2. The third-order valence-electron chi connectivity index (χ3n) is 6.99. The number of carbonyl (C=O) groups is 1. The van der Waals surface area contributed by atoms with Crippen molar-refractivity contribution in [2.24, 2.45) is 28.6 Å². The Morgan fingerprint density at radius 1 is 1.38 bits per heavy atom. The minimum atomic E-state index is -0.751. The maximum Gasteiger partial charge on any atom is 0.307 e. The van der Waals surface area contributed by atoms with Crippen molar-refractivity contribution in [2.75, 3.05) is 0 Å². The molecular weight excluding hydrogens is 296 g/mol. The van der Waals surface area contributed by atoms with Gasteiger partial charge in [0, 0.05) is 0 Å². The van der Waals surface area contributed by atoms with E-state index in [4.69, 9.17) is 5.11 Å². The third kappa shape index (κ3) is 4.13. The van der Waals surface area contributed by atoms with Gasteiger partial charge in [-0.25, -0.2) is 0 Å². The maximum atomic E-state index is 10.6. The van der Waals surface area contributed by atoms with E-state index in [0.29, 0.717) is 22.7 Å². The van der Waals surface area contributed by atoms with Gasteiger partial charge < -0.3 is 5.11 Å². The summed E-state index contributed by atoms with van der Waals surface area (Å²) in [6.07, 6.45) is 12.9. The molecule has 2 heteroatoms. The van der Waals surface area contributed by atoms with Crippen LogP contribution in [-0.2, 0) is 4.79 Å². The van der Waals surface area contributed by atoms with E-state index in [1.54, 1.807) is 6.08 Å². The summed E-state index contributed by atoms with van der Waals surface area (Å²) < 4.78 is 0. The Kier molecular flexibility index (Phi) is 5.99. The number of aliphatic carboxylic acids is 1. The number of hydrogen-bond donors (Lipinski definition) is 1. The molecule has 0 aromatic heterocycles. The largest absolute Gasteiger partial charge is 0.481 e. The summed E-state index contributed by atoms with van der Waals surface area (Å²) >= 11 is 0. The van der Waals surface area contributed by atoms with Crippen molar-refractivity contribution in [1.29, 1.82) is 0 Å². The molecule has 2 rings (SSSR count). The average molecular weight is 333 g/mol. The summed E-state index contributed by atoms with van der Waals surface area (Å²) in [5.41, 5.74) is 2.33. The van der Waals surface area contributed by atoms with E-state index in [9.17, 15) is 4.79 Å². The maximum absolute atomic E-state index is 10.6. The van der Waals surface area contributed by atoms with Crippen molar-refractivity contribution in [3.8, 4) is 0 Å². The highest BCUT2D eigenvalue weighted by Gasteiger charge is 2.52. The Morgan fingerprint density at radius 3 is 2.75 bits per heavy atom. The normalized spacial score (nSPS) is 34.1. The summed E-state index contributed by atoms with van der Waals surface area (Å²) in [7, 11) is 0. The molecule has 2 aliphatic rings. The van der Waals surface area contributed by atoms with Gasteiger partial charge in [0.05, 0.1) is 6.42 Å². The quantitative estimate of drug-likeness (QED) is 0.585. The lowest BCUT2D eigenvalue weighted by Crippen LogP contribution is -2.49. The van der Waals surface area contributed by atoms with Gasteiger partial charge in [0.2, 0.25) is 0 Å². The zero-order chi connectivity index (χ0) is 18.0. The third-order valence-corrected chi connectivity index (χ3v) is 6.99. The van der Waals surface area contributed by atoms with Crippen LogP contribution in [-0.4, -0.2) is 11.1 Å². The van der Waals surface area contributed by atoms with E-state index in [1.165, 1.54) is 44.1 Å². The van der Waals surface area contributed by atoms with E-state index < -0.39 is 5.97 Å². The number of fused-ring (bicyclic) bond motifs is 1. The number of allylic oxidation sites excluding steroid dienone is 2. The van der Waals surface area contributed by atoms with Crippen LogP contribution in [0.3, 0.4) is 0 Å². The molecule has 2 nitrogen and oxygen atoms in total. The van der Waals surface area contributed by atoms with E-state index in [2.05, 4.69) is 40.3 Å². The highest BCUT2D eigenvalue weighted by molar-refractivity contribution is 5.68. The molecule has 1 N–H and O–H groups in total. The molecule has 2 fully saturated rings. The molecule has 2 aliphatic carbocycles. The van der Waals surface area contributed by atoms with Crippen LogP contribution in [0.25, 0.3) is 0 Å². The van der Waals surface area contributed by atoms with Gasteiger partial charge in [-0.1, -0.05) is 58.4 Å². The molecule has 2 saturated carbocycles. The fourth-order valence-electron chi connectivity index (χ4n) is 5.73. The molecule has 24 heavy (non-hydrogen) atoms. The number of hydrogen-bond acceptors (Lipinski definition) is 1. The van der Waals surface area contributed by atoms with Crippen LogP contribution in [0.2, 0.25) is 0 Å². The molecule has 136 valence electrons. The molecule has 0 spiro atoms. The lowest BCUT2D eigenvalue weighted by Gasteiger charge is -2.58. The second-order valence-corrected chi connectivity index (χ2v) is 9.23. The first kappa shape index (κ1) is 19.3. The summed E-state index contributed by atoms with van der Waals surface area (Å²) in [4.78, 5) is 10.6. The summed E-state index contributed by atoms with van der Waals surface area (Å²) in [6, 6.07) is 0. The minimum absolute atomic E-state index is 0.133. The molecule has 0 heterocycles. The second-order valence-electron chi connectivity index (χ2n) is 9.23. The van der Waals surface area contributed by atoms with Gasteiger partial charge in [-0.15, -0.1) is 0 Å². The van der Waals surface area contributed by atoms with E-state index in [-0.39, 0.29) is 6.42 Å². The van der Waals surface area contributed by atoms with Crippen LogP contribution in [0.1, 0.15) is 79.1 Å². The van der Waals surface area contributed by atoms with Gasteiger partial charge in [-0.3, -0.25) is 4.79 Å². The molecule has 1 unspecified atom stereocenters. The molecule has 0 aromatic carbocycles. The Labute approximate surface area is 148 Å². The van der Waals surface area contributed by atoms with Crippen LogP contribution < -0.4 is 0 Å². The van der Waals surface area contributed by atoms with Gasteiger partial charge >= 0.3 is 5.97 Å². The Balaban J connectivity index is 2.03. The Hall–Kier alpha value is -1.05. The van der Waals surface area contributed by atoms with Crippen LogP contribution in [0.4, 0.5) is 0 Å². The van der Waals surface area contributed by atoms with Gasteiger partial charge in [0.1, 0.15) is 0 Å². The Morgan fingerprint density at radius 2 is 2.08 bits per heavy atom. The number of rotatable bonds is 6. The van der Waals surface area contributed by atoms with Crippen molar-refractivity contribution in [3.05, 3.63) is 24.3 Å². The first-order valence-electron chi connectivity index (χ1n) is 9.73. The SMILES string of the molecule is C=C1CC[C@H]2C(C)(C)CCC[C@]2(C)[C@H]1CCC(C)/C=C/CC(=O)O. The number of carboxylic acids is 1. The predicted molar refractivity (Wildman–Crippen MR) is 101 cm³/mol. The molecule has 0 aliphatic heterocycles. The lowest BCUT2D eigenvalue weighted by molar-refractivity contribution is -0.136. The minimum Gasteiger partial charge on any atom is -0.481 e. The zero-order valence-electron chi connectivity index (χ0n) is 16.1. The van der Waals surface area contributed by atoms with Crippen molar-refractivity contribution < 1.29 is 9.90 Å². The molecule has 0 amide bonds. The summed E-state index contributed by atoms with van der Waals surface area (Å²) in [5.74, 6) is 1.13. The summed E-state index contributed by atoms with van der Waals surface area (Å²) in [5, 5.41) is 8.74. The predicted octanol–water partition coefficient (Wildman–Crippen LogP) is 6.23. The van der Waals surface area contributed by atoms with E-state index >= 15 is 0 Å². The number of carboxylic acid groups (broad SMARTS) is 1. The van der Waals surface area contributed by atoms with Gasteiger partial charge in [0.25, 0.3) is 0 Å². The highest BCUT2D eigenvalue weighted by Crippen LogP contribution is 2.61. The van der Waals surface area contributed by atoms with Crippen molar-refractivity contribution in [1.82, 2.24) is 0 Å². The molecule has 4 atom stereocenters. The van der Waals surface area contributed by atoms with Gasteiger partial charge in [-0.2, -0.15) is 0 Å². The summed E-state index contributed by atoms with van der Waals surface area (Å²) in [6.45, 7) is 14.1. The molecule has 0 radical (unpaired) electrons. The van der Waals surface area contributed by atoms with Crippen LogP contribution in [0.15, 0.2) is 24.3 Å². The van der Waals surface area contributed by atoms with E-state index in [0.717, 1.165) is 12.3 Å². The molecule has 0 saturated heterocycles. The van der Waals surface area contributed by atoms with Crippen LogP contribution in [0, 0.1) is 28.6 Å². The molecule has 0 bridgehead atoms. The lowest BCUT2D eigenvalue weighted by atomic mass is 9.47. The molecule has 0 aromatic rings. The zero-order valence-corrected chi connectivity index (χ0v) is 16.1. The van der Waals surface area contributed by atoms with Gasteiger partial charge in [-0.05, 0) is 67.1 Å². The van der Waals surface area contributed by atoms with Crippen molar-refractivity contribution >= 4 is 5.97 Å². The standard InChI is InChI=1S/C22H36O2/c1-16(8-6-9-20(23)24)10-12-18-17(2)11-13-19-21(3,4)14-7-15-22(18,19)5/h6,8,16,18-19H,2,7,9-15H2,1,3-5H3,(H,23,24)/b8-6+/t16?,18-,19-,22+/m0/s1. The average Bonchev–Trinajstić information content (AvgIpc) is 2.45. The van der Waals surface area contributed by atoms with Crippen molar-refractivity contribution in [3.63, 3.8) is 0 Å². The van der Waals surface area contributed by atoms with Gasteiger partial charge in [0.15, 0.2) is 0 Å².